The van der Waals surface area contributed by atoms with E-state index in [4.69, 9.17) is 15.6 Å². The van der Waals surface area contributed by atoms with Crippen LogP contribution in [-0.4, -0.2) is 21.7 Å². The lowest BCUT2D eigenvalue weighted by molar-refractivity contribution is 0.288. The van der Waals surface area contributed by atoms with Crippen molar-refractivity contribution >= 4 is 5.84 Å². The molecule has 110 valence electrons. The first-order chi connectivity index (χ1) is 10.2. The van der Waals surface area contributed by atoms with Gasteiger partial charge in [0.25, 0.3) is 0 Å². The fourth-order valence-electron chi connectivity index (χ4n) is 2.72. The highest BCUT2D eigenvalue weighted by Gasteiger charge is 2.26. The number of rotatable bonds is 5. The Labute approximate surface area is 124 Å². The van der Waals surface area contributed by atoms with Gasteiger partial charge in [-0.05, 0) is 18.6 Å². The summed E-state index contributed by atoms with van der Waals surface area (Å²) in [6, 6.07) is 2.25. The zero-order chi connectivity index (χ0) is 14.8. The molecule has 0 saturated carbocycles. The van der Waals surface area contributed by atoms with E-state index in [1.54, 1.807) is 0 Å². The number of fused-ring (bicyclic) bond motifs is 1. The summed E-state index contributed by atoms with van der Waals surface area (Å²) in [7, 11) is 0. The summed E-state index contributed by atoms with van der Waals surface area (Å²) in [5.74, 6) is 2.00. The van der Waals surface area contributed by atoms with Gasteiger partial charge in [0, 0.05) is 12.4 Å². The molecule has 0 fully saturated rings. The Balaban J connectivity index is 1.73. The largest absolute Gasteiger partial charge is 0.467 e. The smallest absolute Gasteiger partial charge is 0.126 e. The molecule has 1 unspecified atom stereocenters. The summed E-state index contributed by atoms with van der Waals surface area (Å²) in [6.45, 7) is 2.84. The van der Waals surface area contributed by atoms with Crippen LogP contribution in [0, 0.1) is 5.41 Å². The lowest BCUT2D eigenvalue weighted by Gasteiger charge is -2.32. The minimum Gasteiger partial charge on any atom is -0.467 e. The highest BCUT2D eigenvalue weighted by Crippen LogP contribution is 2.29. The van der Waals surface area contributed by atoms with Crippen LogP contribution in [0.25, 0.3) is 0 Å². The predicted octanol–water partition coefficient (Wildman–Crippen LogP) is 2.73. The number of nitrogen functional groups attached to an aromatic ring is 1. The number of amidine groups is 1. The van der Waals surface area contributed by atoms with Gasteiger partial charge in [-0.15, -0.1) is 0 Å². The molecule has 0 radical (unpaired) electrons. The highest BCUT2D eigenvalue weighted by atomic mass is 16.3. The normalized spacial score (nSPS) is 19.9. The lowest BCUT2D eigenvalue weighted by atomic mass is 10.1. The van der Waals surface area contributed by atoms with E-state index in [1.807, 2.05) is 6.07 Å². The molecule has 3 rings (SSSR count). The molecule has 0 aliphatic carbocycles. The summed E-state index contributed by atoms with van der Waals surface area (Å²) in [5, 5.41) is 7.41. The van der Waals surface area contributed by atoms with Crippen molar-refractivity contribution in [2.75, 3.05) is 0 Å². The molecule has 5 heteroatoms. The first kappa shape index (κ1) is 13.5. The van der Waals surface area contributed by atoms with Crippen molar-refractivity contribution in [2.45, 2.75) is 32.4 Å². The molecular weight excluding hydrogens is 264 g/mol. The zero-order valence-electron chi connectivity index (χ0n) is 12.1. The average molecular weight is 284 g/mol. The molecule has 3 N–H and O–H groups in total. The molecule has 1 atom stereocenters. The molecule has 0 bridgehead atoms. The van der Waals surface area contributed by atoms with E-state index in [0.717, 1.165) is 24.4 Å². The second-order valence-corrected chi connectivity index (χ2v) is 5.31. The van der Waals surface area contributed by atoms with Gasteiger partial charge in [0.1, 0.15) is 23.7 Å². The standard InChI is InChI=1S/C16H20N4O/c1-2-4-13-5-3-6-15-19(7-8-20(13)15)10-14-9-12(11-21-14)16(17)18/h3,5-9,11,13H,2,4,10H2,1H3,(H3,17,18). The molecule has 1 aromatic rings. The maximum atomic E-state index is 7.41. The Morgan fingerprint density at radius 1 is 1.43 bits per heavy atom. The summed E-state index contributed by atoms with van der Waals surface area (Å²) >= 11 is 0. The maximum Gasteiger partial charge on any atom is 0.126 e. The van der Waals surface area contributed by atoms with Crippen molar-refractivity contribution < 1.29 is 4.42 Å². The average Bonchev–Trinajstić information content (AvgIpc) is 3.08. The number of nitrogens with two attached hydrogens (primary N) is 1. The Kier molecular flexibility index (Phi) is 3.56. The Morgan fingerprint density at radius 3 is 3.00 bits per heavy atom. The molecule has 2 aliphatic rings. The fourth-order valence-corrected chi connectivity index (χ4v) is 2.72. The van der Waals surface area contributed by atoms with E-state index in [2.05, 4.69) is 47.4 Å². The van der Waals surface area contributed by atoms with Crippen molar-refractivity contribution in [3.05, 3.63) is 60.1 Å². The quantitative estimate of drug-likeness (QED) is 0.644. The van der Waals surface area contributed by atoms with E-state index in [1.165, 1.54) is 6.26 Å². The molecule has 5 nitrogen and oxygen atoms in total. The maximum absolute atomic E-state index is 7.41. The van der Waals surface area contributed by atoms with Crippen molar-refractivity contribution in [3.63, 3.8) is 0 Å². The van der Waals surface area contributed by atoms with Crippen LogP contribution in [0.5, 0.6) is 0 Å². The van der Waals surface area contributed by atoms with Crippen LogP contribution in [0.4, 0.5) is 0 Å². The van der Waals surface area contributed by atoms with Gasteiger partial charge in [0.05, 0.1) is 18.2 Å². The van der Waals surface area contributed by atoms with Gasteiger partial charge >= 0.3 is 0 Å². The molecule has 0 saturated heterocycles. The minimum absolute atomic E-state index is 0.0337. The van der Waals surface area contributed by atoms with Crippen LogP contribution in [-0.2, 0) is 6.54 Å². The summed E-state index contributed by atoms with van der Waals surface area (Å²) in [4.78, 5) is 4.44. The second kappa shape index (κ2) is 5.52. The molecule has 21 heavy (non-hydrogen) atoms. The van der Waals surface area contributed by atoms with E-state index >= 15 is 0 Å². The number of furan rings is 1. The number of hydrogen-bond donors (Lipinski definition) is 2. The Hall–Kier alpha value is -2.43. The van der Waals surface area contributed by atoms with Crippen LogP contribution in [0.1, 0.15) is 31.1 Å². The van der Waals surface area contributed by atoms with Gasteiger partial charge in [-0.2, -0.15) is 0 Å². The second-order valence-electron chi connectivity index (χ2n) is 5.31. The fraction of sp³-hybridized carbons (Fsp3) is 0.312. The minimum atomic E-state index is 0.0337. The SMILES string of the molecule is CCCC1C=CC=C2N(Cc3cc(C(=N)N)co3)C=CN21. The number of nitrogens with one attached hydrogen (secondary N) is 1. The van der Waals surface area contributed by atoms with Gasteiger partial charge in [-0.3, -0.25) is 5.41 Å². The van der Waals surface area contributed by atoms with Crippen LogP contribution in [0.3, 0.4) is 0 Å². The third-order valence-corrected chi connectivity index (χ3v) is 3.78. The third-order valence-electron chi connectivity index (χ3n) is 3.78. The molecular formula is C16H20N4O. The van der Waals surface area contributed by atoms with Crippen molar-refractivity contribution in [1.82, 2.24) is 9.80 Å². The van der Waals surface area contributed by atoms with Crippen molar-refractivity contribution in [3.8, 4) is 0 Å². The van der Waals surface area contributed by atoms with Gasteiger partial charge < -0.3 is 20.0 Å². The van der Waals surface area contributed by atoms with Crippen LogP contribution in [0.2, 0.25) is 0 Å². The van der Waals surface area contributed by atoms with Crippen LogP contribution in [0.15, 0.2) is 53.2 Å². The lowest BCUT2D eigenvalue weighted by Crippen LogP contribution is -2.32. The monoisotopic (exact) mass is 284 g/mol. The topological polar surface area (TPSA) is 69.5 Å². The predicted molar refractivity (Wildman–Crippen MR) is 82.2 cm³/mol. The first-order valence-electron chi connectivity index (χ1n) is 7.22. The number of nitrogens with zero attached hydrogens (tertiary/aromatic N) is 2. The molecule has 0 amide bonds. The zero-order valence-corrected chi connectivity index (χ0v) is 12.1. The number of hydrogen-bond acceptors (Lipinski definition) is 4. The summed E-state index contributed by atoms with van der Waals surface area (Å²) in [6.07, 6.45) is 14.5. The summed E-state index contributed by atoms with van der Waals surface area (Å²) < 4.78 is 5.48. The third kappa shape index (κ3) is 2.59. The van der Waals surface area contributed by atoms with Crippen LogP contribution >= 0.6 is 0 Å². The molecule has 1 aromatic heterocycles. The van der Waals surface area contributed by atoms with Gasteiger partial charge in [-0.1, -0.05) is 25.5 Å². The van der Waals surface area contributed by atoms with Crippen molar-refractivity contribution in [2.24, 2.45) is 5.73 Å². The first-order valence-corrected chi connectivity index (χ1v) is 7.22. The van der Waals surface area contributed by atoms with E-state index in [-0.39, 0.29) is 5.84 Å². The van der Waals surface area contributed by atoms with Gasteiger partial charge in [0.2, 0.25) is 0 Å². The van der Waals surface area contributed by atoms with Gasteiger partial charge in [0.15, 0.2) is 0 Å². The van der Waals surface area contributed by atoms with Gasteiger partial charge in [-0.25, -0.2) is 0 Å². The highest BCUT2D eigenvalue weighted by molar-refractivity contribution is 5.94. The van der Waals surface area contributed by atoms with Crippen molar-refractivity contribution in [1.29, 1.82) is 5.41 Å². The number of allylic oxidation sites excluding steroid dienone is 2. The van der Waals surface area contributed by atoms with E-state index < -0.39 is 0 Å². The molecule has 2 aliphatic heterocycles. The molecule has 3 heterocycles. The van der Waals surface area contributed by atoms with E-state index in [0.29, 0.717) is 18.2 Å². The molecule has 0 aromatic carbocycles. The Morgan fingerprint density at radius 2 is 2.29 bits per heavy atom. The van der Waals surface area contributed by atoms with E-state index in [9.17, 15) is 0 Å². The summed E-state index contributed by atoms with van der Waals surface area (Å²) in [5.41, 5.74) is 6.09. The van der Waals surface area contributed by atoms with Crippen LogP contribution < -0.4 is 5.73 Å². The Bertz CT molecular complexity index is 626. The molecule has 0 spiro atoms.